The van der Waals surface area contributed by atoms with E-state index in [0.717, 1.165) is 5.56 Å². The van der Waals surface area contributed by atoms with Gasteiger partial charge in [0.1, 0.15) is 0 Å². The number of halogens is 3. The van der Waals surface area contributed by atoms with Crippen LogP contribution < -0.4 is 0 Å². The van der Waals surface area contributed by atoms with Crippen molar-refractivity contribution in [3.8, 4) is 0 Å². The molecule has 1 N–H and O–H groups in total. The lowest BCUT2D eigenvalue weighted by atomic mass is 9.89. The minimum absolute atomic E-state index is 0.112. The summed E-state index contributed by atoms with van der Waals surface area (Å²) in [5.74, 6) is 0. The standard InChI is InChI=1S/C14H15F3O/c1-10(11-6-3-2-4-7-11)12-8-5-9-13(12,18)14(15,16)17/h2-4,6-7,18H,5,8-9H2,1H3/b12-10+. The second-order valence-electron chi connectivity index (χ2n) is 4.68. The minimum Gasteiger partial charge on any atom is -0.376 e. The van der Waals surface area contributed by atoms with Gasteiger partial charge in [0, 0.05) is 0 Å². The first-order chi connectivity index (χ1) is 8.36. The molecular weight excluding hydrogens is 241 g/mol. The van der Waals surface area contributed by atoms with Gasteiger partial charge in [-0.2, -0.15) is 13.2 Å². The zero-order valence-corrected chi connectivity index (χ0v) is 10.1. The molecule has 1 atom stereocenters. The Bertz CT molecular complexity index is 462. The van der Waals surface area contributed by atoms with Crippen molar-refractivity contribution >= 4 is 5.57 Å². The van der Waals surface area contributed by atoms with E-state index in [0.29, 0.717) is 18.4 Å². The van der Waals surface area contributed by atoms with Crippen molar-refractivity contribution in [2.75, 3.05) is 0 Å². The van der Waals surface area contributed by atoms with Crippen molar-refractivity contribution < 1.29 is 18.3 Å². The van der Waals surface area contributed by atoms with Crippen LogP contribution in [-0.4, -0.2) is 16.9 Å². The number of benzene rings is 1. The van der Waals surface area contributed by atoms with Crippen molar-refractivity contribution in [1.29, 1.82) is 0 Å². The van der Waals surface area contributed by atoms with Crippen LogP contribution in [0, 0.1) is 0 Å². The van der Waals surface area contributed by atoms with Gasteiger partial charge in [-0.25, -0.2) is 0 Å². The molecule has 1 nitrogen and oxygen atoms in total. The molecule has 4 heteroatoms. The van der Waals surface area contributed by atoms with Gasteiger partial charge < -0.3 is 5.11 Å². The van der Waals surface area contributed by atoms with Crippen LogP contribution in [0.3, 0.4) is 0 Å². The lowest BCUT2D eigenvalue weighted by Gasteiger charge is -2.29. The smallest absolute Gasteiger partial charge is 0.376 e. The van der Waals surface area contributed by atoms with Crippen LogP contribution in [0.5, 0.6) is 0 Å². The average Bonchev–Trinajstić information content (AvgIpc) is 2.72. The summed E-state index contributed by atoms with van der Waals surface area (Å²) in [5.41, 5.74) is -1.27. The second-order valence-corrected chi connectivity index (χ2v) is 4.68. The van der Waals surface area contributed by atoms with Gasteiger partial charge in [0.05, 0.1) is 0 Å². The maximum absolute atomic E-state index is 13.0. The van der Waals surface area contributed by atoms with Crippen LogP contribution in [0.25, 0.3) is 5.57 Å². The van der Waals surface area contributed by atoms with E-state index in [1.807, 2.05) is 6.07 Å². The summed E-state index contributed by atoms with van der Waals surface area (Å²) in [6.45, 7) is 1.65. The third-order valence-corrected chi connectivity index (χ3v) is 3.59. The number of rotatable bonds is 1. The average molecular weight is 256 g/mol. The predicted octanol–water partition coefficient (Wildman–Crippen LogP) is 3.94. The highest BCUT2D eigenvalue weighted by Crippen LogP contribution is 2.48. The molecule has 0 aliphatic heterocycles. The predicted molar refractivity (Wildman–Crippen MR) is 63.9 cm³/mol. The Hall–Kier alpha value is -1.29. The Labute approximate surface area is 104 Å². The fraction of sp³-hybridized carbons (Fsp3) is 0.429. The molecule has 1 aliphatic rings. The van der Waals surface area contributed by atoms with Crippen molar-refractivity contribution in [3.05, 3.63) is 41.5 Å². The molecule has 1 unspecified atom stereocenters. The normalized spacial score (nSPS) is 27.4. The largest absolute Gasteiger partial charge is 0.421 e. The fourth-order valence-corrected chi connectivity index (χ4v) is 2.55. The highest BCUT2D eigenvalue weighted by Gasteiger charge is 2.58. The van der Waals surface area contributed by atoms with Crippen LogP contribution in [-0.2, 0) is 0 Å². The molecule has 1 aromatic rings. The SMILES string of the molecule is C/C(=C1/CCCC1(O)C(F)(F)F)c1ccccc1. The van der Waals surface area contributed by atoms with E-state index in [-0.39, 0.29) is 12.0 Å². The summed E-state index contributed by atoms with van der Waals surface area (Å²) in [4.78, 5) is 0. The molecule has 1 saturated carbocycles. The molecule has 98 valence electrons. The number of hydrogen-bond donors (Lipinski definition) is 1. The van der Waals surface area contributed by atoms with E-state index in [4.69, 9.17) is 0 Å². The highest BCUT2D eigenvalue weighted by molar-refractivity contribution is 5.69. The molecule has 2 rings (SSSR count). The molecule has 0 spiro atoms. The topological polar surface area (TPSA) is 20.2 Å². The van der Waals surface area contributed by atoms with E-state index in [2.05, 4.69) is 0 Å². The van der Waals surface area contributed by atoms with Gasteiger partial charge in [0.2, 0.25) is 0 Å². The van der Waals surface area contributed by atoms with Crippen LogP contribution in [0.2, 0.25) is 0 Å². The van der Waals surface area contributed by atoms with Crippen LogP contribution in [0.4, 0.5) is 13.2 Å². The monoisotopic (exact) mass is 256 g/mol. The second kappa shape index (κ2) is 4.43. The Morgan fingerprint density at radius 1 is 1.22 bits per heavy atom. The van der Waals surface area contributed by atoms with E-state index < -0.39 is 11.8 Å². The van der Waals surface area contributed by atoms with Crippen LogP contribution >= 0.6 is 0 Å². The fourth-order valence-electron chi connectivity index (χ4n) is 2.55. The molecule has 0 bridgehead atoms. The minimum atomic E-state index is -4.60. The maximum atomic E-state index is 13.0. The van der Waals surface area contributed by atoms with Crippen molar-refractivity contribution in [2.24, 2.45) is 0 Å². The third-order valence-electron chi connectivity index (χ3n) is 3.59. The van der Waals surface area contributed by atoms with Crippen LogP contribution in [0.1, 0.15) is 31.7 Å². The summed E-state index contributed by atoms with van der Waals surface area (Å²) in [7, 11) is 0. The molecule has 0 heterocycles. The first-order valence-electron chi connectivity index (χ1n) is 5.91. The third kappa shape index (κ3) is 2.05. The van der Waals surface area contributed by atoms with Gasteiger partial charge in [-0.05, 0) is 42.9 Å². The first-order valence-corrected chi connectivity index (χ1v) is 5.91. The zero-order chi connectivity index (χ0) is 13.4. The number of aliphatic hydroxyl groups is 1. The molecule has 1 fully saturated rings. The van der Waals surface area contributed by atoms with Gasteiger partial charge in [-0.15, -0.1) is 0 Å². The number of allylic oxidation sites excluding steroid dienone is 1. The van der Waals surface area contributed by atoms with Crippen LogP contribution in [0.15, 0.2) is 35.9 Å². The van der Waals surface area contributed by atoms with Crippen molar-refractivity contribution in [1.82, 2.24) is 0 Å². The molecule has 1 aliphatic carbocycles. The Kier molecular flexibility index (Phi) is 3.23. The molecule has 0 radical (unpaired) electrons. The quantitative estimate of drug-likeness (QED) is 0.807. The summed E-state index contributed by atoms with van der Waals surface area (Å²) >= 11 is 0. The van der Waals surface area contributed by atoms with E-state index >= 15 is 0 Å². The Balaban J connectivity index is 2.49. The molecule has 18 heavy (non-hydrogen) atoms. The summed E-state index contributed by atoms with van der Waals surface area (Å²) in [6.07, 6.45) is -4.17. The Morgan fingerprint density at radius 2 is 1.83 bits per heavy atom. The maximum Gasteiger partial charge on any atom is 0.421 e. The Morgan fingerprint density at radius 3 is 2.39 bits per heavy atom. The van der Waals surface area contributed by atoms with Gasteiger partial charge in [0.25, 0.3) is 0 Å². The van der Waals surface area contributed by atoms with Gasteiger partial charge in [0.15, 0.2) is 5.60 Å². The van der Waals surface area contributed by atoms with Gasteiger partial charge >= 0.3 is 6.18 Å². The van der Waals surface area contributed by atoms with Crippen molar-refractivity contribution in [3.63, 3.8) is 0 Å². The molecule has 1 aromatic carbocycles. The lowest BCUT2D eigenvalue weighted by molar-refractivity contribution is -0.241. The summed E-state index contributed by atoms with van der Waals surface area (Å²) in [5, 5.41) is 9.94. The molecule has 0 aromatic heterocycles. The van der Waals surface area contributed by atoms with E-state index in [9.17, 15) is 18.3 Å². The molecule has 0 amide bonds. The first kappa shape index (κ1) is 13.1. The van der Waals surface area contributed by atoms with Crippen molar-refractivity contribution in [2.45, 2.75) is 38.0 Å². The van der Waals surface area contributed by atoms with E-state index in [1.165, 1.54) is 0 Å². The molecule has 0 saturated heterocycles. The summed E-state index contributed by atoms with van der Waals surface area (Å²) in [6, 6.07) is 8.89. The molecular formula is C14H15F3O. The zero-order valence-electron chi connectivity index (χ0n) is 10.1. The highest BCUT2D eigenvalue weighted by atomic mass is 19.4. The van der Waals surface area contributed by atoms with E-state index in [1.54, 1.807) is 31.2 Å². The number of alkyl halides is 3. The summed E-state index contributed by atoms with van der Waals surface area (Å²) < 4.78 is 39.0. The van der Waals surface area contributed by atoms with Gasteiger partial charge in [-0.1, -0.05) is 30.3 Å². The number of hydrogen-bond acceptors (Lipinski definition) is 1. The van der Waals surface area contributed by atoms with Gasteiger partial charge in [-0.3, -0.25) is 0 Å². The lowest BCUT2D eigenvalue weighted by Crippen LogP contribution is -2.44.